The fourth-order valence-corrected chi connectivity index (χ4v) is 4.55. The molecule has 24 heavy (non-hydrogen) atoms. The molecular formula is C16H21ClN2O4S. The third-order valence-electron chi connectivity index (χ3n) is 4.32. The van der Waals surface area contributed by atoms with Crippen molar-refractivity contribution in [2.24, 2.45) is 5.92 Å². The summed E-state index contributed by atoms with van der Waals surface area (Å²) in [5, 5.41) is 0.278. The second-order valence-electron chi connectivity index (χ2n) is 6.03. The minimum atomic E-state index is -3.61. The number of hydrogen-bond acceptors (Lipinski definition) is 4. The van der Waals surface area contributed by atoms with E-state index in [0.29, 0.717) is 38.5 Å². The Morgan fingerprint density at radius 1 is 1.25 bits per heavy atom. The first-order valence-electron chi connectivity index (χ1n) is 8.14. The van der Waals surface area contributed by atoms with E-state index in [-0.39, 0.29) is 21.7 Å². The number of carbonyl (C=O) groups is 1. The van der Waals surface area contributed by atoms with E-state index in [4.69, 9.17) is 16.3 Å². The lowest BCUT2D eigenvalue weighted by atomic mass is 10.3. The van der Waals surface area contributed by atoms with E-state index in [1.807, 2.05) is 6.92 Å². The summed E-state index contributed by atoms with van der Waals surface area (Å²) >= 11 is 6.10. The number of ether oxygens (including phenoxy) is 1. The van der Waals surface area contributed by atoms with Gasteiger partial charge in [0.15, 0.2) is 0 Å². The molecule has 3 rings (SSSR count). The van der Waals surface area contributed by atoms with E-state index in [1.54, 1.807) is 11.0 Å². The highest BCUT2D eigenvalue weighted by atomic mass is 35.5. The van der Waals surface area contributed by atoms with E-state index in [1.165, 1.54) is 16.4 Å². The number of benzene rings is 1. The minimum Gasteiger partial charge on any atom is -0.492 e. The van der Waals surface area contributed by atoms with Crippen LogP contribution in [0.5, 0.6) is 5.75 Å². The fourth-order valence-electron chi connectivity index (χ4n) is 2.80. The zero-order chi connectivity index (χ0) is 17.3. The minimum absolute atomic E-state index is 0.151. The molecular weight excluding hydrogens is 352 g/mol. The predicted molar refractivity (Wildman–Crippen MR) is 90.7 cm³/mol. The maximum atomic E-state index is 12.8. The summed E-state index contributed by atoms with van der Waals surface area (Å²) in [4.78, 5) is 14.0. The first-order chi connectivity index (χ1) is 11.4. The normalized spacial score (nSPS) is 19.3. The first kappa shape index (κ1) is 17.5. The number of nitrogens with zero attached hydrogens (tertiary/aromatic N) is 2. The van der Waals surface area contributed by atoms with Gasteiger partial charge in [0.25, 0.3) is 0 Å². The molecule has 8 heteroatoms. The Kier molecular flexibility index (Phi) is 5.03. The standard InChI is InChI=1S/C16H21ClN2O4S/c1-2-23-15-6-5-13(11-14(15)17)24(21,22)19-9-7-18(8-10-19)16(20)12-3-4-12/h5-6,11-12H,2-4,7-10H2,1H3. The second-order valence-corrected chi connectivity index (χ2v) is 8.37. The molecule has 0 N–H and O–H groups in total. The summed E-state index contributed by atoms with van der Waals surface area (Å²) < 4.78 is 32.3. The van der Waals surface area contributed by atoms with Crippen molar-refractivity contribution in [1.29, 1.82) is 0 Å². The number of halogens is 1. The molecule has 6 nitrogen and oxygen atoms in total. The van der Waals surface area contributed by atoms with Crippen LogP contribution in [-0.4, -0.2) is 56.3 Å². The van der Waals surface area contributed by atoms with Crippen LogP contribution in [0.3, 0.4) is 0 Å². The van der Waals surface area contributed by atoms with Crippen LogP contribution in [0.4, 0.5) is 0 Å². The Morgan fingerprint density at radius 3 is 2.46 bits per heavy atom. The molecule has 0 bridgehead atoms. The SMILES string of the molecule is CCOc1ccc(S(=O)(=O)N2CCN(C(=O)C3CC3)CC2)cc1Cl. The third-order valence-corrected chi connectivity index (χ3v) is 6.51. The van der Waals surface area contributed by atoms with E-state index < -0.39 is 10.0 Å². The summed E-state index contributed by atoms with van der Waals surface area (Å²) in [6, 6.07) is 4.50. The fraction of sp³-hybridized carbons (Fsp3) is 0.562. The van der Waals surface area contributed by atoms with Crippen LogP contribution in [0.25, 0.3) is 0 Å². The van der Waals surface area contributed by atoms with Gasteiger partial charge in [-0.3, -0.25) is 4.79 Å². The number of sulfonamides is 1. The summed E-state index contributed by atoms with van der Waals surface area (Å²) in [6.45, 7) is 3.81. The highest BCUT2D eigenvalue weighted by Crippen LogP contribution is 2.32. The molecule has 0 unspecified atom stereocenters. The van der Waals surface area contributed by atoms with Crippen LogP contribution in [-0.2, 0) is 14.8 Å². The number of amides is 1. The Hall–Kier alpha value is -1.31. The van der Waals surface area contributed by atoms with Gasteiger partial charge in [0.1, 0.15) is 5.75 Å². The van der Waals surface area contributed by atoms with E-state index in [0.717, 1.165) is 12.8 Å². The molecule has 0 spiro atoms. The number of hydrogen-bond donors (Lipinski definition) is 0. The molecule has 1 aromatic rings. The third kappa shape index (κ3) is 3.53. The van der Waals surface area contributed by atoms with Crippen molar-refractivity contribution in [2.45, 2.75) is 24.7 Å². The smallest absolute Gasteiger partial charge is 0.243 e. The topological polar surface area (TPSA) is 66.9 Å². The van der Waals surface area contributed by atoms with Crippen molar-refractivity contribution < 1.29 is 17.9 Å². The van der Waals surface area contributed by atoms with Gasteiger partial charge in [-0.05, 0) is 38.0 Å². The van der Waals surface area contributed by atoms with Gasteiger partial charge in [-0.1, -0.05) is 11.6 Å². The van der Waals surface area contributed by atoms with E-state index in [9.17, 15) is 13.2 Å². The van der Waals surface area contributed by atoms with Gasteiger partial charge >= 0.3 is 0 Å². The van der Waals surface area contributed by atoms with Crippen LogP contribution >= 0.6 is 11.6 Å². The predicted octanol–water partition coefficient (Wildman–Crippen LogP) is 1.98. The molecule has 132 valence electrons. The van der Waals surface area contributed by atoms with E-state index >= 15 is 0 Å². The lowest BCUT2D eigenvalue weighted by Crippen LogP contribution is -2.50. The van der Waals surface area contributed by atoms with Gasteiger partial charge in [-0.25, -0.2) is 8.42 Å². The Balaban J connectivity index is 1.69. The molecule has 0 radical (unpaired) electrons. The van der Waals surface area contributed by atoms with Crippen molar-refractivity contribution in [3.05, 3.63) is 23.2 Å². The van der Waals surface area contributed by atoms with Gasteiger partial charge in [0.05, 0.1) is 16.5 Å². The summed E-state index contributed by atoms with van der Waals surface area (Å²) in [7, 11) is -3.61. The van der Waals surface area contributed by atoms with Gasteiger partial charge in [0, 0.05) is 32.1 Å². The van der Waals surface area contributed by atoms with Gasteiger partial charge in [-0.2, -0.15) is 4.31 Å². The second kappa shape index (κ2) is 6.90. The van der Waals surface area contributed by atoms with Crippen molar-refractivity contribution >= 4 is 27.5 Å². The molecule has 1 saturated carbocycles. The van der Waals surface area contributed by atoms with Crippen LogP contribution in [0.2, 0.25) is 5.02 Å². The molecule has 1 aliphatic carbocycles. The van der Waals surface area contributed by atoms with Crippen molar-refractivity contribution in [3.63, 3.8) is 0 Å². The molecule has 1 aromatic carbocycles. The Labute approximate surface area is 147 Å². The molecule has 2 aliphatic rings. The molecule has 2 fully saturated rings. The molecule has 0 atom stereocenters. The molecule has 1 heterocycles. The molecule has 1 amide bonds. The number of carbonyl (C=O) groups excluding carboxylic acids is 1. The lowest BCUT2D eigenvalue weighted by Gasteiger charge is -2.34. The van der Waals surface area contributed by atoms with Crippen molar-refractivity contribution in [2.75, 3.05) is 32.8 Å². The van der Waals surface area contributed by atoms with Gasteiger partial charge in [-0.15, -0.1) is 0 Å². The van der Waals surface area contributed by atoms with Crippen LogP contribution < -0.4 is 4.74 Å². The zero-order valence-electron chi connectivity index (χ0n) is 13.6. The van der Waals surface area contributed by atoms with Gasteiger partial charge < -0.3 is 9.64 Å². The number of rotatable bonds is 5. The summed E-state index contributed by atoms with van der Waals surface area (Å²) in [5.74, 6) is 0.798. The highest BCUT2D eigenvalue weighted by Gasteiger charge is 2.36. The lowest BCUT2D eigenvalue weighted by molar-refractivity contribution is -0.133. The maximum absolute atomic E-state index is 12.8. The average Bonchev–Trinajstić information content (AvgIpc) is 3.41. The average molecular weight is 373 g/mol. The van der Waals surface area contributed by atoms with Gasteiger partial charge in [0.2, 0.25) is 15.9 Å². The van der Waals surface area contributed by atoms with E-state index in [2.05, 4.69) is 0 Å². The largest absolute Gasteiger partial charge is 0.492 e. The quantitative estimate of drug-likeness (QED) is 0.792. The van der Waals surface area contributed by atoms with Crippen LogP contribution in [0.1, 0.15) is 19.8 Å². The number of piperazine rings is 1. The maximum Gasteiger partial charge on any atom is 0.243 e. The van der Waals surface area contributed by atoms with Crippen molar-refractivity contribution in [1.82, 2.24) is 9.21 Å². The van der Waals surface area contributed by atoms with Crippen LogP contribution in [0, 0.1) is 5.92 Å². The summed E-state index contributed by atoms with van der Waals surface area (Å²) in [6.07, 6.45) is 1.92. The Bertz CT molecular complexity index is 726. The molecule has 0 aromatic heterocycles. The highest BCUT2D eigenvalue weighted by molar-refractivity contribution is 7.89. The molecule has 1 saturated heterocycles. The summed E-state index contributed by atoms with van der Waals surface area (Å²) in [5.41, 5.74) is 0. The Morgan fingerprint density at radius 2 is 1.92 bits per heavy atom. The monoisotopic (exact) mass is 372 g/mol. The zero-order valence-corrected chi connectivity index (χ0v) is 15.1. The first-order valence-corrected chi connectivity index (χ1v) is 9.96. The van der Waals surface area contributed by atoms with Crippen molar-refractivity contribution in [3.8, 4) is 5.75 Å². The van der Waals surface area contributed by atoms with Crippen LogP contribution in [0.15, 0.2) is 23.1 Å². The molecule has 1 aliphatic heterocycles.